The van der Waals surface area contributed by atoms with Crippen molar-refractivity contribution in [2.24, 2.45) is 0 Å². The molecule has 188 valence electrons. The summed E-state index contributed by atoms with van der Waals surface area (Å²) in [5.41, 5.74) is 1.02. The summed E-state index contributed by atoms with van der Waals surface area (Å²) >= 11 is 0. The minimum absolute atomic E-state index is 0.0145. The van der Waals surface area contributed by atoms with Crippen molar-refractivity contribution in [2.45, 2.75) is 38.2 Å². The molecule has 1 aliphatic carbocycles. The highest BCUT2D eigenvalue weighted by Gasteiger charge is 2.14. The largest absolute Gasteiger partial charge is 0.446 e. The molecular weight excluding hydrogens is 440 g/mol. The average Bonchev–Trinajstić information content (AvgIpc) is 2.83. The second kappa shape index (κ2) is 17.7. The molecule has 0 unspecified atom stereocenters. The number of ether oxygens (including phenoxy) is 4. The highest BCUT2D eigenvalue weighted by molar-refractivity contribution is 5.94. The number of benzene rings is 1. The van der Waals surface area contributed by atoms with E-state index in [9.17, 15) is 14.4 Å². The fourth-order valence-electron chi connectivity index (χ4n) is 3.26. The lowest BCUT2D eigenvalue weighted by molar-refractivity contribution is 0.0153. The number of carbonyl (C=O) groups is 3. The molecular formula is C25H36N2O7. The lowest BCUT2D eigenvalue weighted by Gasteiger charge is -2.18. The van der Waals surface area contributed by atoms with Crippen molar-refractivity contribution < 1.29 is 33.3 Å². The van der Waals surface area contributed by atoms with Crippen molar-refractivity contribution in [2.75, 3.05) is 52.7 Å². The molecule has 2 N–H and O–H groups in total. The van der Waals surface area contributed by atoms with Crippen LogP contribution in [0.2, 0.25) is 0 Å². The molecule has 0 heterocycles. The van der Waals surface area contributed by atoms with Crippen LogP contribution in [-0.2, 0) is 18.9 Å². The first kappa shape index (κ1) is 27.5. The van der Waals surface area contributed by atoms with Gasteiger partial charge in [-0.05, 0) is 44.2 Å². The summed E-state index contributed by atoms with van der Waals surface area (Å²) in [5, 5.41) is 5.46. The Labute approximate surface area is 201 Å². The SMILES string of the molecule is O=Cc1ccc(C(=O)NCCOCCOCCOCCNC(=O)O[C@@H]2CC/C=C\CCC2)cc1. The number of rotatable bonds is 15. The van der Waals surface area contributed by atoms with Gasteiger partial charge in [0.1, 0.15) is 12.4 Å². The van der Waals surface area contributed by atoms with E-state index in [4.69, 9.17) is 18.9 Å². The number of amides is 2. The van der Waals surface area contributed by atoms with Crippen LogP contribution in [0, 0.1) is 0 Å². The van der Waals surface area contributed by atoms with Gasteiger partial charge < -0.3 is 29.6 Å². The van der Waals surface area contributed by atoms with E-state index < -0.39 is 6.09 Å². The van der Waals surface area contributed by atoms with Gasteiger partial charge in [0, 0.05) is 24.2 Å². The Balaban J connectivity index is 1.34. The van der Waals surface area contributed by atoms with E-state index in [0.717, 1.165) is 38.4 Å². The third-order valence-corrected chi connectivity index (χ3v) is 5.09. The molecule has 0 radical (unpaired) electrons. The maximum absolute atomic E-state index is 12.0. The Kier molecular flexibility index (Phi) is 14.3. The zero-order chi connectivity index (χ0) is 24.3. The van der Waals surface area contributed by atoms with Crippen LogP contribution >= 0.6 is 0 Å². The molecule has 1 aromatic rings. The predicted octanol–water partition coefficient (Wildman–Crippen LogP) is 2.89. The number of aldehydes is 1. The zero-order valence-electron chi connectivity index (χ0n) is 19.7. The van der Waals surface area contributed by atoms with E-state index in [0.29, 0.717) is 63.9 Å². The van der Waals surface area contributed by atoms with Gasteiger partial charge in [-0.25, -0.2) is 4.79 Å². The van der Waals surface area contributed by atoms with Crippen molar-refractivity contribution in [3.63, 3.8) is 0 Å². The molecule has 9 heteroatoms. The van der Waals surface area contributed by atoms with E-state index in [1.807, 2.05) is 0 Å². The Bertz CT molecular complexity index is 752. The molecule has 2 rings (SSSR count). The first-order valence-electron chi connectivity index (χ1n) is 11.8. The molecule has 9 nitrogen and oxygen atoms in total. The van der Waals surface area contributed by atoms with Crippen LogP contribution < -0.4 is 10.6 Å². The third kappa shape index (κ3) is 12.5. The summed E-state index contributed by atoms with van der Waals surface area (Å²) in [6.07, 6.45) is 9.47. The van der Waals surface area contributed by atoms with E-state index >= 15 is 0 Å². The van der Waals surface area contributed by atoms with Crippen LogP contribution in [0.4, 0.5) is 4.79 Å². The Morgan fingerprint density at radius 2 is 1.44 bits per heavy atom. The molecule has 0 aromatic heterocycles. The highest BCUT2D eigenvalue weighted by atomic mass is 16.6. The maximum atomic E-state index is 12.0. The fraction of sp³-hybridized carbons (Fsp3) is 0.560. The Morgan fingerprint density at radius 1 is 0.824 bits per heavy atom. The van der Waals surface area contributed by atoms with Crippen LogP contribution in [-0.4, -0.2) is 77.1 Å². The van der Waals surface area contributed by atoms with E-state index in [1.54, 1.807) is 24.3 Å². The topological polar surface area (TPSA) is 112 Å². The van der Waals surface area contributed by atoms with E-state index in [1.165, 1.54) is 0 Å². The number of allylic oxidation sites excluding steroid dienone is 2. The van der Waals surface area contributed by atoms with Gasteiger partial charge in [-0.15, -0.1) is 0 Å². The first-order chi connectivity index (χ1) is 16.7. The standard InChI is InChI=1S/C25H36N2O7/c28-20-21-8-10-22(11-9-21)24(29)26-12-14-31-16-18-33-19-17-32-15-13-27-25(30)34-23-6-4-2-1-3-5-7-23/h1-2,8-11,20,23H,3-7,12-19H2,(H,26,29)(H,27,30)/b2-1-/t23-/m1/s1. The van der Waals surface area contributed by atoms with Gasteiger partial charge >= 0.3 is 6.09 Å². The van der Waals surface area contributed by atoms with Crippen molar-refractivity contribution >= 4 is 18.3 Å². The van der Waals surface area contributed by atoms with Crippen molar-refractivity contribution in [1.82, 2.24) is 10.6 Å². The molecule has 1 aliphatic rings. The van der Waals surface area contributed by atoms with Crippen LogP contribution in [0.1, 0.15) is 52.8 Å². The predicted molar refractivity (Wildman–Crippen MR) is 127 cm³/mol. The lowest BCUT2D eigenvalue weighted by Crippen LogP contribution is -2.31. The van der Waals surface area contributed by atoms with Crippen molar-refractivity contribution in [3.05, 3.63) is 47.5 Å². The molecule has 0 spiro atoms. The molecule has 2 amide bonds. The molecule has 0 saturated carbocycles. The average molecular weight is 477 g/mol. The van der Waals surface area contributed by atoms with Crippen LogP contribution in [0.25, 0.3) is 0 Å². The molecule has 0 bridgehead atoms. The van der Waals surface area contributed by atoms with Gasteiger partial charge in [-0.1, -0.05) is 24.3 Å². The van der Waals surface area contributed by atoms with E-state index in [2.05, 4.69) is 22.8 Å². The fourth-order valence-corrected chi connectivity index (χ4v) is 3.26. The highest BCUT2D eigenvalue weighted by Crippen LogP contribution is 2.15. The van der Waals surface area contributed by atoms with Crippen LogP contribution in [0.3, 0.4) is 0 Å². The van der Waals surface area contributed by atoms with Crippen molar-refractivity contribution in [1.29, 1.82) is 0 Å². The van der Waals surface area contributed by atoms with E-state index in [-0.39, 0.29) is 12.0 Å². The monoisotopic (exact) mass is 476 g/mol. The summed E-state index contributed by atoms with van der Waals surface area (Å²) in [6.45, 7) is 3.21. The number of alkyl carbamates (subject to hydrolysis) is 1. The van der Waals surface area contributed by atoms with Gasteiger partial charge in [0.15, 0.2) is 0 Å². The Hall–Kier alpha value is -2.75. The summed E-state index contributed by atoms with van der Waals surface area (Å²) in [5.74, 6) is -0.213. The van der Waals surface area contributed by atoms with Gasteiger partial charge in [0.25, 0.3) is 5.91 Å². The van der Waals surface area contributed by atoms with Crippen molar-refractivity contribution in [3.8, 4) is 0 Å². The summed E-state index contributed by atoms with van der Waals surface area (Å²) in [4.78, 5) is 34.4. The molecule has 1 aromatic carbocycles. The minimum atomic E-state index is -0.390. The quantitative estimate of drug-likeness (QED) is 0.227. The summed E-state index contributed by atoms with van der Waals surface area (Å²) in [6, 6.07) is 6.41. The second-order valence-corrected chi connectivity index (χ2v) is 7.77. The number of nitrogens with one attached hydrogen (secondary N) is 2. The molecule has 0 fully saturated rings. The number of hydrogen-bond donors (Lipinski definition) is 2. The van der Waals surface area contributed by atoms with Gasteiger partial charge in [0.2, 0.25) is 0 Å². The molecule has 1 atom stereocenters. The normalized spacial score (nSPS) is 16.6. The van der Waals surface area contributed by atoms with Gasteiger partial charge in [-0.2, -0.15) is 0 Å². The Morgan fingerprint density at radius 3 is 2.12 bits per heavy atom. The smallest absolute Gasteiger partial charge is 0.407 e. The summed E-state index contributed by atoms with van der Waals surface area (Å²) in [7, 11) is 0. The van der Waals surface area contributed by atoms with Gasteiger partial charge in [-0.3, -0.25) is 9.59 Å². The maximum Gasteiger partial charge on any atom is 0.407 e. The second-order valence-electron chi connectivity index (χ2n) is 7.77. The molecule has 0 aliphatic heterocycles. The first-order valence-corrected chi connectivity index (χ1v) is 11.8. The number of carbonyl (C=O) groups excluding carboxylic acids is 3. The van der Waals surface area contributed by atoms with Gasteiger partial charge in [0.05, 0.1) is 39.6 Å². The summed E-state index contributed by atoms with van der Waals surface area (Å²) < 4.78 is 21.7. The minimum Gasteiger partial charge on any atom is -0.446 e. The van der Waals surface area contributed by atoms with Crippen LogP contribution in [0.5, 0.6) is 0 Å². The molecule has 34 heavy (non-hydrogen) atoms. The zero-order valence-corrected chi connectivity index (χ0v) is 19.7. The lowest BCUT2D eigenvalue weighted by atomic mass is 10.0. The number of hydrogen-bond acceptors (Lipinski definition) is 7. The molecule has 0 saturated heterocycles. The third-order valence-electron chi connectivity index (χ3n) is 5.09. The van der Waals surface area contributed by atoms with Crippen LogP contribution in [0.15, 0.2) is 36.4 Å².